The van der Waals surface area contributed by atoms with Crippen molar-refractivity contribution in [3.05, 3.63) is 58.6 Å². The summed E-state index contributed by atoms with van der Waals surface area (Å²) in [5, 5.41) is 5.93. The fourth-order valence-electron chi connectivity index (χ4n) is 2.67. The van der Waals surface area contributed by atoms with Gasteiger partial charge in [0.1, 0.15) is 6.04 Å². The van der Waals surface area contributed by atoms with E-state index in [9.17, 15) is 4.79 Å². The summed E-state index contributed by atoms with van der Waals surface area (Å²) in [5.74, 6) is 0.885. The number of hydrogen-bond acceptors (Lipinski definition) is 6. The maximum absolute atomic E-state index is 12.7. The Bertz CT molecular complexity index is 817. The van der Waals surface area contributed by atoms with Gasteiger partial charge in [-0.15, -0.1) is 11.3 Å². The van der Waals surface area contributed by atoms with Crippen molar-refractivity contribution in [3.8, 4) is 11.4 Å². The molecule has 122 valence electrons. The van der Waals surface area contributed by atoms with Gasteiger partial charge in [-0.2, -0.15) is 4.98 Å². The molecule has 2 aromatic heterocycles. The van der Waals surface area contributed by atoms with Crippen LogP contribution >= 0.6 is 11.3 Å². The van der Waals surface area contributed by atoms with Gasteiger partial charge in [-0.1, -0.05) is 41.6 Å². The van der Waals surface area contributed by atoms with Crippen LogP contribution in [0, 0.1) is 0 Å². The van der Waals surface area contributed by atoms with Crippen LogP contribution in [0.3, 0.4) is 0 Å². The number of thiophene rings is 1. The Kier molecular flexibility index (Phi) is 4.10. The molecule has 0 unspecified atom stereocenters. The van der Waals surface area contributed by atoms with Crippen LogP contribution in [-0.4, -0.2) is 40.7 Å². The van der Waals surface area contributed by atoms with Gasteiger partial charge in [-0.25, -0.2) is 0 Å². The molecule has 3 heterocycles. The summed E-state index contributed by atoms with van der Waals surface area (Å²) in [5.41, 5.74) is 0.875. The van der Waals surface area contributed by atoms with Crippen molar-refractivity contribution >= 4 is 17.2 Å². The Morgan fingerprint density at radius 1 is 1.21 bits per heavy atom. The van der Waals surface area contributed by atoms with E-state index >= 15 is 0 Å². The molecule has 1 fully saturated rings. The molecule has 1 saturated heterocycles. The van der Waals surface area contributed by atoms with E-state index in [1.54, 1.807) is 4.90 Å². The smallest absolute Gasteiger partial charge is 0.264 e. The zero-order valence-electron chi connectivity index (χ0n) is 12.8. The predicted octanol–water partition coefficient (Wildman–Crippen LogP) is 3.01. The number of morpholine rings is 1. The second-order valence-corrected chi connectivity index (χ2v) is 6.34. The molecule has 0 bridgehead atoms. The first-order valence-electron chi connectivity index (χ1n) is 7.64. The number of ether oxygens (including phenoxy) is 1. The van der Waals surface area contributed by atoms with Crippen LogP contribution in [-0.2, 0) is 4.74 Å². The van der Waals surface area contributed by atoms with E-state index in [4.69, 9.17) is 9.26 Å². The van der Waals surface area contributed by atoms with E-state index in [0.29, 0.717) is 36.4 Å². The zero-order valence-corrected chi connectivity index (χ0v) is 13.6. The van der Waals surface area contributed by atoms with Crippen LogP contribution < -0.4 is 0 Å². The molecular formula is C17H15N3O3S. The highest BCUT2D eigenvalue weighted by Gasteiger charge is 2.33. The molecule has 1 aliphatic heterocycles. The molecule has 3 aromatic rings. The Morgan fingerprint density at radius 3 is 2.88 bits per heavy atom. The first-order chi connectivity index (χ1) is 11.8. The third-order valence-corrected chi connectivity index (χ3v) is 4.74. The SMILES string of the molecule is O=C(c1cccs1)N1CCOC[C@H]1c1nc(-c2ccccc2)no1. The largest absolute Gasteiger partial charge is 0.377 e. The van der Waals surface area contributed by atoms with E-state index < -0.39 is 0 Å². The monoisotopic (exact) mass is 341 g/mol. The van der Waals surface area contributed by atoms with Crippen molar-refractivity contribution in [2.24, 2.45) is 0 Å². The van der Waals surface area contributed by atoms with Gasteiger partial charge in [0.2, 0.25) is 5.82 Å². The fourth-order valence-corrected chi connectivity index (χ4v) is 3.35. The van der Waals surface area contributed by atoms with Crippen molar-refractivity contribution in [1.82, 2.24) is 15.0 Å². The lowest BCUT2D eigenvalue weighted by atomic mass is 10.2. The maximum Gasteiger partial charge on any atom is 0.264 e. The Labute approximate surface area is 142 Å². The molecule has 0 N–H and O–H groups in total. The van der Waals surface area contributed by atoms with Gasteiger partial charge in [0.05, 0.1) is 18.1 Å². The van der Waals surface area contributed by atoms with Gasteiger partial charge < -0.3 is 14.2 Å². The molecule has 0 saturated carbocycles. The van der Waals surface area contributed by atoms with E-state index in [1.807, 2.05) is 47.8 Å². The highest BCUT2D eigenvalue weighted by atomic mass is 32.1. The molecule has 0 spiro atoms. The van der Waals surface area contributed by atoms with Gasteiger partial charge in [-0.3, -0.25) is 4.79 Å². The van der Waals surface area contributed by atoms with Crippen LogP contribution in [0.15, 0.2) is 52.4 Å². The number of hydrogen-bond donors (Lipinski definition) is 0. The predicted molar refractivity (Wildman–Crippen MR) is 88.6 cm³/mol. The van der Waals surface area contributed by atoms with Crippen molar-refractivity contribution in [3.63, 3.8) is 0 Å². The van der Waals surface area contributed by atoms with Crippen molar-refractivity contribution < 1.29 is 14.1 Å². The number of carbonyl (C=O) groups excluding carboxylic acids is 1. The van der Waals surface area contributed by atoms with Crippen molar-refractivity contribution in [2.45, 2.75) is 6.04 Å². The van der Waals surface area contributed by atoms with Gasteiger partial charge in [0.15, 0.2) is 0 Å². The lowest BCUT2D eigenvalue weighted by Gasteiger charge is -2.32. The van der Waals surface area contributed by atoms with Crippen molar-refractivity contribution in [2.75, 3.05) is 19.8 Å². The number of nitrogens with zero attached hydrogens (tertiary/aromatic N) is 3. The van der Waals surface area contributed by atoms with E-state index in [2.05, 4.69) is 10.1 Å². The molecule has 0 radical (unpaired) electrons. The molecule has 1 aliphatic rings. The quantitative estimate of drug-likeness (QED) is 0.732. The summed E-state index contributed by atoms with van der Waals surface area (Å²) in [7, 11) is 0. The van der Waals surface area contributed by atoms with Gasteiger partial charge >= 0.3 is 0 Å². The first-order valence-corrected chi connectivity index (χ1v) is 8.52. The Morgan fingerprint density at radius 2 is 2.08 bits per heavy atom. The number of benzene rings is 1. The summed E-state index contributed by atoms with van der Waals surface area (Å²) < 4.78 is 11.0. The second kappa shape index (κ2) is 6.54. The van der Waals surface area contributed by atoms with Gasteiger partial charge in [-0.05, 0) is 11.4 Å². The minimum absolute atomic E-state index is 0.0299. The van der Waals surface area contributed by atoms with Crippen LogP contribution in [0.1, 0.15) is 21.6 Å². The molecule has 7 heteroatoms. The average Bonchev–Trinajstić information content (AvgIpc) is 3.34. The van der Waals surface area contributed by atoms with Crippen LogP contribution in [0.5, 0.6) is 0 Å². The molecular weight excluding hydrogens is 326 g/mol. The van der Waals surface area contributed by atoms with Crippen LogP contribution in [0.4, 0.5) is 0 Å². The molecule has 24 heavy (non-hydrogen) atoms. The van der Waals surface area contributed by atoms with Gasteiger partial charge in [0.25, 0.3) is 11.8 Å². The summed E-state index contributed by atoms with van der Waals surface area (Å²) in [4.78, 5) is 19.6. The summed E-state index contributed by atoms with van der Waals surface area (Å²) >= 11 is 1.43. The molecule has 1 aromatic carbocycles. The first kappa shape index (κ1) is 15.0. The molecule has 1 atom stereocenters. The molecule has 6 nitrogen and oxygen atoms in total. The normalized spacial score (nSPS) is 17.8. The van der Waals surface area contributed by atoms with Crippen molar-refractivity contribution in [1.29, 1.82) is 0 Å². The number of amides is 1. The zero-order chi connectivity index (χ0) is 16.4. The third-order valence-electron chi connectivity index (χ3n) is 3.88. The molecule has 4 rings (SSSR count). The lowest BCUT2D eigenvalue weighted by molar-refractivity contribution is -0.0116. The topological polar surface area (TPSA) is 68.5 Å². The number of carbonyl (C=O) groups is 1. The lowest BCUT2D eigenvalue weighted by Crippen LogP contribution is -2.43. The highest BCUT2D eigenvalue weighted by Crippen LogP contribution is 2.27. The molecule has 1 amide bonds. The fraction of sp³-hybridized carbons (Fsp3) is 0.235. The maximum atomic E-state index is 12.7. The second-order valence-electron chi connectivity index (χ2n) is 5.39. The Hall–Kier alpha value is -2.51. The van der Waals surface area contributed by atoms with Gasteiger partial charge in [0, 0.05) is 12.1 Å². The highest BCUT2D eigenvalue weighted by molar-refractivity contribution is 7.12. The minimum atomic E-state index is -0.363. The Balaban J connectivity index is 1.62. The van der Waals surface area contributed by atoms with Crippen LogP contribution in [0.2, 0.25) is 0 Å². The summed E-state index contributed by atoms with van der Waals surface area (Å²) in [6, 6.07) is 12.9. The standard InChI is InChI=1S/C17H15N3O3S/c21-17(14-7-4-10-24-14)20-8-9-22-11-13(20)16-18-15(19-23-16)12-5-2-1-3-6-12/h1-7,10,13H,8-9,11H2/t13-/m0/s1. The van der Waals surface area contributed by atoms with E-state index in [1.165, 1.54) is 11.3 Å². The average molecular weight is 341 g/mol. The van der Waals surface area contributed by atoms with E-state index in [0.717, 1.165) is 5.56 Å². The third kappa shape index (κ3) is 2.83. The minimum Gasteiger partial charge on any atom is -0.377 e. The summed E-state index contributed by atoms with van der Waals surface area (Å²) in [6.07, 6.45) is 0. The molecule has 0 aliphatic carbocycles. The van der Waals surface area contributed by atoms with Crippen LogP contribution in [0.25, 0.3) is 11.4 Å². The number of rotatable bonds is 3. The number of aromatic nitrogens is 2. The summed E-state index contributed by atoms with van der Waals surface area (Å²) in [6.45, 7) is 1.37. The van der Waals surface area contributed by atoms with E-state index in [-0.39, 0.29) is 11.9 Å².